The molecule has 0 aliphatic rings. The minimum Gasteiger partial charge on any atom is -0.305 e. The van der Waals surface area contributed by atoms with Gasteiger partial charge in [-0.3, -0.25) is 18.3 Å². The summed E-state index contributed by atoms with van der Waals surface area (Å²) in [6, 6.07) is 1.58. The van der Waals surface area contributed by atoms with E-state index in [1.807, 2.05) is 0 Å². The number of hydrogen-bond donors (Lipinski definition) is 0. The van der Waals surface area contributed by atoms with E-state index in [0.29, 0.717) is 4.88 Å². The fraction of sp³-hybridized carbons (Fsp3) is 0.667. The van der Waals surface area contributed by atoms with Crippen molar-refractivity contribution in [3.63, 3.8) is 0 Å². The summed E-state index contributed by atoms with van der Waals surface area (Å²) < 4.78 is 103. The zero-order chi connectivity index (χ0) is 31.6. The molecule has 2 aromatic heterocycles. The molecule has 42 heavy (non-hydrogen) atoms. The lowest BCUT2D eigenvalue weighted by Gasteiger charge is -2.25. The summed E-state index contributed by atoms with van der Waals surface area (Å²) >= 11 is 2.00. The van der Waals surface area contributed by atoms with Crippen LogP contribution in [0.25, 0.3) is 9.75 Å². The molecule has 0 spiro atoms. The number of rotatable bonds is 21. The average Bonchev–Trinajstić information content (AvgIpc) is 3.57. The fourth-order valence-corrected chi connectivity index (χ4v) is 16.6. The monoisotopic (exact) mass is 710 g/mol. The van der Waals surface area contributed by atoms with Crippen LogP contribution in [0.1, 0.15) is 55.4 Å². The quantitative estimate of drug-likeness (QED) is 0.123. The van der Waals surface area contributed by atoms with E-state index in [-0.39, 0.29) is 78.3 Å². The highest BCUT2D eigenvalue weighted by molar-refractivity contribution is 7.77. The molecule has 2 heterocycles. The summed E-state index contributed by atoms with van der Waals surface area (Å²) in [6.07, 6.45) is 0. The van der Waals surface area contributed by atoms with Gasteiger partial charge in [0.05, 0.1) is 73.2 Å². The molecule has 0 unspecified atom stereocenters. The van der Waals surface area contributed by atoms with E-state index < -0.39 is 30.4 Å². The van der Waals surface area contributed by atoms with Gasteiger partial charge in [-0.1, -0.05) is 0 Å². The minimum absolute atomic E-state index is 0.0183. The minimum atomic E-state index is -4.38. The van der Waals surface area contributed by atoms with Gasteiger partial charge in [-0.2, -0.15) is 0 Å². The molecule has 0 aliphatic carbocycles. The topological polar surface area (TPSA) is 142 Å². The van der Waals surface area contributed by atoms with Gasteiger partial charge in [0.15, 0.2) is 0 Å². The molecule has 0 saturated carbocycles. The molecule has 0 aliphatic heterocycles. The van der Waals surface area contributed by atoms with Crippen LogP contribution in [0, 0.1) is 0 Å². The second kappa shape index (κ2) is 17.1. The van der Waals surface area contributed by atoms with E-state index in [4.69, 9.17) is 36.2 Å². The van der Waals surface area contributed by atoms with E-state index in [1.165, 1.54) is 0 Å². The average molecular weight is 711 g/mol. The predicted molar refractivity (Wildman–Crippen MR) is 170 cm³/mol. The Morgan fingerprint density at radius 3 is 1.26 bits per heavy atom. The Kier molecular flexibility index (Phi) is 15.5. The Morgan fingerprint density at radius 1 is 0.500 bits per heavy atom. The molecule has 0 bridgehead atoms. The second-order valence-corrected chi connectivity index (χ2v) is 18.0. The molecule has 0 fully saturated rings. The van der Waals surface area contributed by atoms with Crippen molar-refractivity contribution < 1.29 is 54.5 Å². The lowest BCUT2D eigenvalue weighted by Crippen LogP contribution is -2.35. The van der Waals surface area contributed by atoms with Crippen LogP contribution in [0.4, 0.5) is 0 Å². The predicted octanol–water partition coefficient (Wildman–Crippen LogP) is 7.04. The van der Waals surface area contributed by atoms with Gasteiger partial charge in [-0.15, -0.1) is 22.7 Å². The van der Waals surface area contributed by atoms with Crippen molar-refractivity contribution in [2.24, 2.45) is 0 Å². The molecule has 2 aromatic rings. The summed E-state index contributed by atoms with van der Waals surface area (Å²) in [6.45, 7) is 13.1. The van der Waals surface area contributed by atoms with Crippen LogP contribution >= 0.6 is 53.1 Å². The zero-order valence-electron chi connectivity index (χ0n) is 25.3. The Labute approximate surface area is 256 Å². The molecule has 0 saturated heterocycles. The first kappa shape index (κ1) is 38.2. The van der Waals surface area contributed by atoms with E-state index in [9.17, 15) is 18.3 Å². The Balaban J connectivity index is 3.29. The molecule has 0 atom stereocenters. The van der Waals surface area contributed by atoms with Crippen LogP contribution in [0.3, 0.4) is 0 Å². The maximum Gasteiger partial charge on any atom is 0.372 e. The lowest BCUT2D eigenvalue weighted by molar-refractivity contribution is 0.225. The van der Waals surface area contributed by atoms with Gasteiger partial charge in [0.1, 0.15) is 9.92 Å². The van der Waals surface area contributed by atoms with Crippen LogP contribution in [-0.2, 0) is 54.5 Å². The van der Waals surface area contributed by atoms with Crippen LogP contribution in [0.15, 0.2) is 11.4 Å². The molecule has 242 valence electrons. The smallest absolute Gasteiger partial charge is 0.305 e. The first-order valence-electron chi connectivity index (χ1n) is 13.8. The van der Waals surface area contributed by atoms with Gasteiger partial charge in [0, 0.05) is 0 Å². The van der Waals surface area contributed by atoms with Crippen molar-refractivity contribution in [2.45, 2.75) is 55.4 Å². The maximum absolute atomic E-state index is 14.7. The van der Waals surface area contributed by atoms with Gasteiger partial charge < -0.3 is 36.2 Å². The van der Waals surface area contributed by atoms with E-state index in [0.717, 1.165) is 22.7 Å². The first-order chi connectivity index (χ1) is 19.9. The molecule has 0 N–H and O–H groups in total. The van der Waals surface area contributed by atoms with Gasteiger partial charge in [0.25, 0.3) is 0 Å². The third kappa shape index (κ3) is 8.23. The van der Waals surface area contributed by atoms with Crippen LogP contribution in [-0.4, -0.2) is 52.9 Å². The van der Waals surface area contributed by atoms with Gasteiger partial charge in [-0.25, -0.2) is 0 Å². The Hall–Kier alpha value is -0.0000000000000000971. The van der Waals surface area contributed by atoms with Crippen molar-refractivity contribution in [1.82, 2.24) is 0 Å². The molecular weight excluding hydrogens is 668 g/mol. The maximum atomic E-state index is 14.7. The highest BCUT2D eigenvalue weighted by Gasteiger charge is 2.51. The molecule has 12 nitrogen and oxygen atoms in total. The van der Waals surface area contributed by atoms with Crippen molar-refractivity contribution in [3.8, 4) is 9.75 Å². The highest BCUT2D eigenvalue weighted by atomic mass is 32.1. The molecule has 0 radical (unpaired) electrons. The standard InChI is InChI=1S/C24H42O12P4S2/c1-9-29-37(25,30-10-2)19-17-18-41-22(19)23-20(38(26,31-11-3)32-12-4)21(39(27,33-13-5)34-14-6)24(42-23)40(28,35-15-7)36-16-8/h17-18H,9-16H2,1-8H3. The van der Waals surface area contributed by atoms with Crippen molar-refractivity contribution in [3.05, 3.63) is 11.4 Å². The summed E-state index contributed by atoms with van der Waals surface area (Å²) in [5, 5.41) is 1.39. The lowest BCUT2D eigenvalue weighted by atomic mass is 10.4. The van der Waals surface area contributed by atoms with Crippen molar-refractivity contribution in [2.75, 3.05) is 52.9 Å². The first-order valence-corrected chi connectivity index (χ1v) is 21.6. The molecule has 2 rings (SSSR count). The summed E-state index contributed by atoms with van der Waals surface area (Å²) in [7, 11) is -16.8. The largest absolute Gasteiger partial charge is 0.372 e. The molecule has 18 heteroatoms. The van der Waals surface area contributed by atoms with Crippen molar-refractivity contribution in [1.29, 1.82) is 0 Å². The summed E-state index contributed by atoms with van der Waals surface area (Å²) in [5.41, 5.74) is 0. The van der Waals surface area contributed by atoms with E-state index in [1.54, 1.807) is 66.8 Å². The van der Waals surface area contributed by atoms with Crippen LogP contribution < -0.4 is 20.5 Å². The highest BCUT2D eigenvalue weighted by Crippen LogP contribution is 2.61. The molecule has 0 aromatic carbocycles. The second-order valence-electron chi connectivity index (χ2n) is 7.90. The molecule has 0 amide bonds. The van der Waals surface area contributed by atoms with E-state index >= 15 is 0 Å². The van der Waals surface area contributed by atoms with Crippen LogP contribution in [0.2, 0.25) is 0 Å². The third-order valence-corrected chi connectivity index (χ3v) is 17.5. The van der Waals surface area contributed by atoms with Crippen molar-refractivity contribution >= 4 is 73.6 Å². The zero-order valence-corrected chi connectivity index (χ0v) is 30.5. The summed E-state index contributed by atoms with van der Waals surface area (Å²) in [5.74, 6) is 0. The van der Waals surface area contributed by atoms with Gasteiger partial charge in [-0.05, 0) is 66.8 Å². The molecular formula is C24H42O12P4S2. The normalized spacial score (nSPS) is 13.2. The number of thiophene rings is 2. The SMILES string of the molecule is CCOP(=O)(OCC)c1ccsc1-c1sc(P(=O)(OCC)OCC)c(P(=O)(OCC)OCC)c1P(=O)(OCC)OCC. The van der Waals surface area contributed by atoms with Gasteiger partial charge in [0.2, 0.25) is 0 Å². The summed E-state index contributed by atoms with van der Waals surface area (Å²) in [4.78, 5) is 0.473. The van der Waals surface area contributed by atoms with Gasteiger partial charge >= 0.3 is 30.4 Å². The fourth-order valence-electron chi connectivity index (χ4n) is 3.95. The van der Waals surface area contributed by atoms with E-state index in [2.05, 4.69) is 0 Å². The number of hydrogen-bond acceptors (Lipinski definition) is 14. The van der Waals surface area contributed by atoms with Crippen LogP contribution in [0.5, 0.6) is 0 Å². The Morgan fingerprint density at radius 2 is 0.857 bits per heavy atom. The Bertz CT molecular complexity index is 1300. The third-order valence-electron chi connectivity index (χ3n) is 5.18.